The van der Waals surface area contributed by atoms with E-state index in [1.807, 2.05) is 4.90 Å². The molecule has 18 heavy (non-hydrogen) atoms. The van der Waals surface area contributed by atoms with Crippen molar-refractivity contribution in [2.45, 2.75) is 32.7 Å². The summed E-state index contributed by atoms with van der Waals surface area (Å²) in [4.78, 5) is 16.2. The van der Waals surface area contributed by atoms with Gasteiger partial charge in [0.05, 0.1) is 13.2 Å². The third-order valence-corrected chi connectivity index (χ3v) is 3.13. The second-order valence-electron chi connectivity index (χ2n) is 5.90. The van der Waals surface area contributed by atoms with Gasteiger partial charge in [0.25, 0.3) is 0 Å². The zero-order valence-corrected chi connectivity index (χ0v) is 11.9. The average Bonchev–Trinajstić information content (AvgIpc) is 2.51. The van der Waals surface area contributed by atoms with E-state index in [0.29, 0.717) is 13.1 Å². The van der Waals surface area contributed by atoms with Crippen LogP contribution >= 0.6 is 0 Å². The van der Waals surface area contributed by atoms with Crippen LogP contribution in [0.3, 0.4) is 0 Å². The number of hydrogen-bond donors (Lipinski definition) is 2. The van der Waals surface area contributed by atoms with Gasteiger partial charge in [-0.05, 0) is 33.7 Å². The zero-order valence-electron chi connectivity index (χ0n) is 11.9. The summed E-state index contributed by atoms with van der Waals surface area (Å²) in [5.74, 6) is 0.177. The zero-order chi connectivity index (χ0) is 13.6. The second kappa shape index (κ2) is 7.07. The summed E-state index contributed by atoms with van der Waals surface area (Å²) in [6.07, 6.45) is 0.987. The molecular formula is C13H27N3O2. The van der Waals surface area contributed by atoms with Crippen LogP contribution < -0.4 is 5.32 Å². The molecule has 1 heterocycles. The summed E-state index contributed by atoms with van der Waals surface area (Å²) >= 11 is 0. The van der Waals surface area contributed by atoms with Crippen LogP contribution in [0, 0.1) is 0 Å². The normalized spacial score (nSPS) is 18.8. The lowest BCUT2D eigenvalue weighted by Gasteiger charge is -2.25. The third-order valence-electron chi connectivity index (χ3n) is 3.13. The Morgan fingerprint density at radius 1 is 1.22 bits per heavy atom. The second-order valence-corrected chi connectivity index (χ2v) is 5.90. The molecule has 0 aromatic rings. The van der Waals surface area contributed by atoms with E-state index in [-0.39, 0.29) is 18.1 Å². The minimum absolute atomic E-state index is 0.0234. The number of amides is 1. The van der Waals surface area contributed by atoms with E-state index in [9.17, 15) is 4.79 Å². The van der Waals surface area contributed by atoms with Gasteiger partial charge in [-0.1, -0.05) is 0 Å². The van der Waals surface area contributed by atoms with E-state index >= 15 is 0 Å². The van der Waals surface area contributed by atoms with E-state index in [1.165, 1.54) is 0 Å². The predicted octanol–water partition coefficient (Wildman–Crippen LogP) is -0.0989. The molecule has 1 rings (SSSR count). The van der Waals surface area contributed by atoms with Gasteiger partial charge in [-0.15, -0.1) is 0 Å². The molecule has 2 N–H and O–H groups in total. The van der Waals surface area contributed by atoms with Crippen molar-refractivity contribution in [2.75, 3.05) is 45.9 Å². The van der Waals surface area contributed by atoms with Gasteiger partial charge in [0, 0.05) is 31.7 Å². The molecule has 1 amide bonds. The molecule has 0 radical (unpaired) electrons. The Labute approximate surface area is 110 Å². The Balaban J connectivity index is 2.35. The maximum Gasteiger partial charge on any atom is 0.236 e. The molecule has 1 fully saturated rings. The molecule has 1 aliphatic rings. The van der Waals surface area contributed by atoms with Crippen LogP contribution in [0.5, 0.6) is 0 Å². The molecule has 106 valence electrons. The highest BCUT2D eigenvalue weighted by atomic mass is 16.3. The molecule has 0 bridgehead atoms. The molecule has 0 atom stereocenters. The van der Waals surface area contributed by atoms with Gasteiger partial charge in [-0.25, -0.2) is 0 Å². The Hall–Kier alpha value is -0.650. The first-order chi connectivity index (χ1) is 8.42. The van der Waals surface area contributed by atoms with Gasteiger partial charge in [0.1, 0.15) is 0 Å². The van der Waals surface area contributed by atoms with Crippen LogP contribution in [-0.4, -0.2) is 72.2 Å². The first kappa shape index (κ1) is 15.4. The number of aliphatic hydroxyl groups is 1. The minimum atomic E-state index is -0.0234. The number of carbonyl (C=O) groups is 1. The first-order valence-electron chi connectivity index (χ1n) is 6.78. The van der Waals surface area contributed by atoms with Crippen molar-refractivity contribution in [3.05, 3.63) is 0 Å². The van der Waals surface area contributed by atoms with Crippen LogP contribution in [0.15, 0.2) is 0 Å². The maximum absolute atomic E-state index is 12.1. The summed E-state index contributed by atoms with van der Waals surface area (Å²) in [5, 5.41) is 12.2. The van der Waals surface area contributed by atoms with Crippen LogP contribution in [0.25, 0.3) is 0 Å². The molecule has 1 saturated heterocycles. The fraction of sp³-hybridized carbons (Fsp3) is 0.923. The van der Waals surface area contributed by atoms with Crippen LogP contribution in [-0.2, 0) is 4.79 Å². The molecule has 0 aromatic carbocycles. The summed E-state index contributed by atoms with van der Waals surface area (Å²) < 4.78 is 0. The van der Waals surface area contributed by atoms with Gasteiger partial charge in [0.2, 0.25) is 5.91 Å². The summed E-state index contributed by atoms with van der Waals surface area (Å²) in [5.41, 5.74) is -0.0234. The van der Waals surface area contributed by atoms with E-state index in [0.717, 1.165) is 32.6 Å². The van der Waals surface area contributed by atoms with Crippen molar-refractivity contribution in [3.8, 4) is 0 Å². The van der Waals surface area contributed by atoms with Gasteiger partial charge < -0.3 is 15.3 Å². The number of β-amino-alcohol motifs (C(OH)–C–C–N with tert-alkyl or cyclic N) is 1. The van der Waals surface area contributed by atoms with Gasteiger partial charge in [-0.2, -0.15) is 0 Å². The number of carbonyl (C=O) groups excluding carboxylic acids is 1. The molecule has 0 aliphatic carbocycles. The molecule has 0 spiro atoms. The standard InChI is InChI=1S/C13H27N3O2/c1-13(2,3)14-11-12(18)16-6-4-5-15(7-8-16)9-10-17/h14,17H,4-11H2,1-3H3. The van der Waals surface area contributed by atoms with Crippen molar-refractivity contribution < 1.29 is 9.90 Å². The number of rotatable bonds is 4. The quantitative estimate of drug-likeness (QED) is 0.738. The largest absolute Gasteiger partial charge is 0.395 e. The van der Waals surface area contributed by atoms with Crippen molar-refractivity contribution in [1.82, 2.24) is 15.1 Å². The highest BCUT2D eigenvalue weighted by Gasteiger charge is 2.20. The Morgan fingerprint density at radius 2 is 1.94 bits per heavy atom. The molecule has 1 aliphatic heterocycles. The summed E-state index contributed by atoms with van der Waals surface area (Å²) in [6, 6.07) is 0. The van der Waals surface area contributed by atoms with Crippen molar-refractivity contribution >= 4 is 5.91 Å². The number of nitrogens with one attached hydrogen (secondary N) is 1. The lowest BCUT2D eigenvalue weighted by atomic mass is 10.1. The van der Waals surface area contributed by atoms with Crippen molar-refractivity contribution in [3.63, 3.8) is 0 Å². The molecule has 5 nitrogen and oxygen atoms in total. The lowest BCUT2D eigenvalue weighted by molar-refractivity contribution is -0.130. The van der Waals surface area contributed by atoms with Crippen molar-refractivity contribution in [2.24, 2.45) is 0 Å². The van der Waals surface area contributed by atoms with Crippen LogP contribution in [0.1, 0.15) is 27.2 Å². The maximum atomic E-state index is 12.1. The molecule has 5 heteroatoms. The smallest absolute Gasteiger partial charge is 0.236 e. The number of aliphatic hydroxyl groups excluding tert-OH is 1. The van der Waals surface area contributed by atoms with Crippen molar-refractivity contribution in [1.29, 1.82) is 0 Å². The fourth-order valence-corrected chi connectivity index (χ4v) is 2.04. The van der Waals surface area contributed by atoms with E-state index in [2.05, 4.69) is 31.0 Å². The highest BCUT2D eigenvalue weighted by molar-refractivity contribution is 5.78. The SMILES string of the molecule is CC(C)(C)NCC(=O)N1CCCN(CCO)CC1. The van der Waals surface area contributed by atoms with Gasteiger partial charge in [0.15, 0.2) is 0 Å². The lowest BCUT2D eigenvalue weighted by Crippen LogP contribution is -2.45. The van der Waals surface area contributed by atoms with Gasteiger partial charge >= 0.3 is 0 Å². The molecular weight excluding hydrogens is 230 g/mol. The number of nitrogens with zero attached hydrogens (tertiary/aromatic N) is 2. The highest BCUT2D eigenvalue weighted by Crippen LogP contribution is 2.04. The molecule has 0 aromatic heterocycles. The number of hydrogen-bond acceptors (Lipinski definition) is 4. The molecule has 0 saturated carbocycles. The average molecular weight is 257 g/mol. The Bertz CT molecular complexity index is 263. The van der Waals surface area contributed by atoms with E-state index < -0.39 is 0 Å². The van der Waals surface area contributed by atoms with E-state index in [1.54, 1.807) is 0 Å². The monoisotopic (exact) mass is 257 g/mol. The van der Waals surface area contributed by atoms with Crippen LogP contribution in [0.2, 0.25) is 0 Å². The predicted molar refractivity (Wildman–Crippen MR) is 72.5 cm³/mol. The third kappa shape index (κ3) is 5.80. The Morgan fingerprint density at radius 3 is 2.56 bits per heavy atom. The van der Waals surface area contributed by atoms with Crippen LogP contribution in [0.4, 0.5) is 0 Å². The molecule has 0 unspecified atom stereocenters. The summed E-state index contributed by atoms with van der Waals surface area (Å²) in [6.45, 7) is 10.9. The Kier molecular flexibility index (Phi) is 6.05. The summed E-state index contributed by atoms with van der Waals surface area (Å²) in [7, 11) is 0. The fourth-order valence-electron chi connectivity index (χ4n) is 2.04. The minimum Gasteiger partial charge on any atom is -0.395 e. The van der Waals surface area contributed by atoms with E-state index in [4.69, 9.17) is 5.11 Å². The van der Waals surface area contributed by atoms with Gasteiger partial charge in [-0.3, -0.25) is 9.69 Å². The first-order valence-corrected chi connectivity index (χ1v) is 6.78. The topological polar surface area (TPSA) is 55.8 Å².